The highest BCUT2D eigenvalue weighted by molar-refractivity contribution is 5.46. The first-order valence-corrected chi connectivity index (χ1v) is 5.83. The summed E-state index contributed by atoms with van der Waals surface area (Å²) in [7, 11) is 1.63. The van der Waals surface area contributed by atoms with E-state index < -0.39 is 0 Å². The van der Waals surface area contributed by atoms with Crippen LogP contribution in [0.25, 0.3) is 0 Å². The van der Waals surface area contributed by atoms with Crippen molar-refractivity contribution in [3.8, 4) is 11.5 Å². The summed E-state index contributed by atoms with van der Waals surface area (Å²) in [5.41, 5.74) is 6.82. The molecule has 1 rings (SSSR count). The van der Waals surface area contributed by atoms with Crippen LogP contribution >= 0.6 is 0 Å². The third-order valence-electron chi connectivity index (χ3n) is 2.39. The van der Waals surface area contributed by atoms with E-state index >= 15 is 0 Å². The minimum absolute atomic E-state index is 0.131. The number of ether oxygens (including phenoxy) is 3. The Balaban J connectivity index is 2.76. The van der Waals surface area contributed by atoms with E-state index in [4.69, 9.17) is 19.9 Å². The predicted octanol–water partition coefficient (Wildman–Crippen LogP) is 2.13. The summed E-state index contributed by atoms with van der Waals surface area (Å²) in [6.07, 6.45) is 0. The molecule has 0 aliphatic heterocycles. The number of nitrogens with two attached hydrogens (primary N) is 1. The third kappa shape index (κ3) is 3.91. The van der Waals surface area contributed by atoms with Crippen LogP contribution in [-0.4, -0.2) is 26.9 Å². The summed E-state index contributed by atoms with van der Waals surface area (Å²) < 4.78 is 16.2. The minimum atomic E-state index is -0.131. The topological polar surface area (TPSA) is 53.7 Å². The molecule has 0 aliphatic carbocycles. The van der Waals surface area contributed by atoms with E-state index in [0.29, 0.717) is 19.8 Å². The molecule has 0 aliphatic rings. The fourth-order valence-electron chi connectivity index (χ4n) is 1.63. The molecule has 4 nitrogen and oxygen atoms in total. The van der Waals surface area contributed by atoms with Crippen LogP contribution in [0.1, 0.15) is 25.5 Å². The molecule has 0 aromatic heterocycles. The summed E-state index contributed by atoms with van der Waals surface area (Å²) in [6, 6.07) is 5.54. The Kier molecular flexibility index (Phi) is 5.80. The molecule has 0 saturated heterocycles. The van der Waals surface area contributed by atoms with E-state index in [9.17, 15) is 0 Å². The van der Waals surface area contributed by atoms with Gasteiger partial charge in [-0.3, -0.25) is 0 Å². The molecule has 0 radical (unpaired) electrons. The zero-order valence-corrected chi connectivity index (χ0v) is 10.7. The van der Waals surface area contributed by atoms with Gasteiger partial charge in [-0.05, 0) is 26.0 Å². The monoisotopic (exact) mass is 239 g/mol. The van der Waals surface area contributed by atoms with E-state index in [2.05, 4.69) is 0 Å². The van der Waals surface area contributed by atoms with Gasteiger partial charge in [-0.2, -0.15) is 0 Å². The zero-order valence-electron chi connectivity index (χ0n) is 10.7. The molecule has 0 unspecified atom stereocenters. The maximum Gasteiger partial charge on any atom is 0.127 e. The quantitative estimate of drug-likeness (QED) is 0.741. The maximum absolute atomic E-state index is 5.93. The Morgan fingerprint density at radius 2 is 1.94 bits per heavy atom. The van der Waals surface area contributed by atoms with Crippen molar-refractivity contribution in [1.82, 2.24) is 0 Å². The third-order valence-corrected chi connectivity index (χ3v) is 2.39. The summed E-state index contributed by atoms with van der Waals surface area (Å²) in [6.45, 7) is 5.65. The fourth-order valence-corrected chi connectivity index (χ4v) is 1.63. The number of rotatable bonds is 7. The van der Waals surface area contributed by atoms with E-state index in [-0.39, 0.29) is 6.04 Å². The van der Waals surface area contributed by atoms with Gasteiger partial charge in [0, 0.05) is 12.6 Å². The highest BCUT2D eigenvalue weighted by Gasteiger charge is 2.13. The van der Waals surface area contributed by atoms with Crippen molar-refractivity contribution in [2.24, 2.45) is 5.73 Å². The SMILES string of the molecule is CCOCCOc1cccc(OC)c1[C@H](C)N. The van der Waals surface area contributed by atoms with Gasteiger partial charge >= 0.3 is 0 Å². The lowest BCUT2D eigenvalue weighted by molar-refractivity contribution is 0.109. The average molecular weight is 239 g/mol. The molecule has 0 saturated carbocycles. The van der Waals surface area contributed by atoms with Gasteiger partial charge in [-0.15, -0.1) is 0 Å². The highest BCUT2D eigenvalue weighted by Crippen LogP contribution is 2.32. The number of benzene rings is 1. The van der Waals surface area contributed by atoms with Gasteiger partial charge < -0.3 is 19.9 Å². The number of methoxy groups -OCH3 is 1. The fraction of sp³-hybridized carbons (Fsp3) is 0.538. The van der Waals surface area contributed by atoms with Gasteiger partial charge in [-0.1, -0.05) is 6.07 Å². The lowest BCUT2D eigenvalue weighted by atomic mass is 10.1. The maximum atomic E-state index is 5.93. The van der Waals surface area contributed by atoms with Gasteiger partial charge in [0.15, 0.2) is 0 Å². The highest BCUT2D eigenvalue weighted by atomic mass is 16.5. The van der Waals surface area contributed by atoms with E-state index in [1.54, 1.807) is 7.11 Å². The van der Waals surface area contributed by atoms with Crippen LogP contribution in [0.3, 0.4) is 0 Å². The predicted molar refractivity (Wildman–Crippen MR) is 67.6 cm³/mol. The van der Waals surface area contributed by atoms with Crippen molar-refractivity contribution in [1.29, 1.82) is 0 Å². The van der Waals surface area contributed by atoms with Crippen LogP contribution in [0.15, 0.2) is 18.2 Å². The van der Waals surface area contributed by atoms with Gasteiger partial charge in [0.1, 0.15) is 18.1 Å². The Morgan fingerprint density at radius 3 is 2.53 bits per heavy atom. The van der Waals surface area contributed by atoms with Crippen molar-refractivity contribution in [3.63, 3.8) is 0 Å². The molecule has 1 aromatic rings. The van der Waals surface area contributed by atoms with Gasteiger partial charge in [0.25, 0.3) is 0 Å². The van der Waals surface area contributed by atoms with Crippen LogP contribution in [0, 0.1) is 0 Å². The second-order valence-electron chi connectivity index (χ2n) is 3.71. The van der Waals surface area contributed by atoms with Crippen LogP contribution in [0.2, 0.25) is 0 Å². The molecule has 0 amide bonds. The van der Waals surface area contributed by atoms with Gasteiger partial charge in [0.05, 0.1) is 19.3 Å². The van der Waals surface area contributed by atoms with E-state index in [1.807, 2.05) is 32.0 Å². The van der Waals surface area contributed by atoms with Crippen molar-refractivity contribution in [2.45, 2.75) is 19.9 Å². The summed E-state index contributed by atoms with van der Waals surface area (Å²) >= 11 is 0. The Labute approximate surface area is 103 Å². The first-order chi connectivity index (χ1) is 8.20. The second-order valence-corrected chi connectivity index (χ2v) is 3.71. The second kappa shape index (κ2) is 7.14. The van der Waals surface area contributed by atoms with Crippen molar-refractivity contribution < 1.29 is 14.2 Å². The molecule has 2 N–H and O–H groups in total. The van der Waals surface area contributed by atoms with Crippen molar-refractivity contribution >= 4 is 0 Å². The molecule has 17 heavy (non-hydrogen) atoms. The normalized spacial score (nSPS) is 12.2. The lowest BCUT2D eigenvalue weighted by Crippen LogP contribution is -2.12. The summed E-state index contributed by atoms with van der Waals surface area (Å²) in [5.74, 6) is 1.52. The molecule has 1 aromatic carbocycles. The van der Waals surface area contributed by atoms with Crippen LogP contribution in [0.4, 0.5) is 0 Å². The number of hydrogen-bond donors (Lipinski definition) is 1. The van der Waals surface area contributed by atoms with Gasteiger partial charge in [-0.25, -0.2) is 0 Å². The largest absolute Gasteiger partial charge is 0.496 e. The van der Waals surface area contributed by atoms with Crippen LogP contribution < -0.4 is 15.2 Å². The molecular weight excluding hydrogens is 218 g/mol. The average Bonchev–Trinajstić information content (AvgIpc) is 2.33. The molecule has 0 fully saturated rings. The molecule has 0 spiro atoms. The first kappa shape index (κ1) is 13.8. The van der Waals surface area contributed by atoms with Crippen LogP contribution in [-0.2, 0) is 4.74 Å². The summed E-state index contributed by atoms with van der Waals surface area (Å²) in [5, 5.41) is 0. The first-order valence-electron chi connectivity index (χ1n) is 5.83. The minimum Gasteiger partial charge on any atom is -0.496 e. The zero-order chi connectivity index (χ0) is 12.7. The molecule has 0 bridgehead atoms. The molecule has 96 valence electrons. The number of hydrogen-bond acceptors (Lipinski definition) is 4. The molecule has 1 atom stereocenters. The molecule has 0 heterocycles. The Bertz CT molecular complexity index is 339. The van der Waals surface area contributed by atoms with E-state index in [1.165, 1.54) is 0 Å². The van der Waals surface area contributed by atoms with Crippen molar-refractivity contribution in [2.75, 3.05) is 26.9 Å². The van der Waals surface area contributed by atoms with E-state index in [0.717, 1.165) is 17.1 Å². The molecule has 4 heteroatoms. The standard InChI is InChI=1S/C13H21NO3/c1-4-16-8-9-17-12-7-5-6-11(15-3)13(12)10(2)14/h5-7,10H,4,8-9,14H2,1-3H3/t10-/m0/s1. The van der Waals surface area contributed by atoms with Crippen LogP contribution in [0.5, 0.6) is 11.5 Å². The smallest absolute Gasteiger partial charge is 0.127 e. The lowest BCUT2D eigenvalue weighted by Gasteiger charge is -2.17. The van der Waals surface area contributed by atoms with Crippen molar-refractivity contribution in [3.05, 3.63) is 23.8 Å². The Morgan fingerprint density at radius 1 is 1.24 bits per heavy atom. The van der Waals surface area contributed by atoms with Gasteiger partial charge in [0.2, 0.25) is 0 Å². The Hall–Kier alpha value is -1.26. The molecular formula is C13H21NO3. The summed E-state index contributed by atoms with van der Waals surface area (Å²) in [4.78, 5) is 0.